The van der Waals surface area contributed by atoms with Crippen LogP contribution in [0.3, 0.4) is 0 Å². The zero-order chi connectivity index (χ0) is 25.2. The summed E-state index contributed by atoms with van der Waals surface area (Å²) in [5, 5.41) is 23.0. The molecular weight excluding hydrogens is 478 g/mol. The van der Waals surface area contributed by atoms with Gasteiger partial charge in [0.25, 0.3) is 17.2 Å². The molecule has 0 radical (unpaired) electrons. The van der Waals surface area contributed by atoms with Gasteiger partial charge in [-0.2, -0.15) is 5.10 Å². The largest absolute Gasteiger partial charge is 0.350 e. The van der Waals surface area contributed by atoms with Gasteiger partial charge < -0.3 is 5.32 Å². The number of sulfonamides is 1. The lowest BCUT2D eigenvalue weighted by Crippen LogP contribution is -2.28. The minimum atomic E-state index is -3.84. The number of primary sulfonamides is 1. The topological polar surface area (TPSA) is 185 Å². The Kier molecular flexibility index (Phi) is 6.40. The maximum absolute atomic E-state index is 12.8. The van der Waals surface area contributed by atoms with E-state index in [9.17, 15) is 28.1 Å². The van der Waals surface area contributed by atoms with E-state index in [0.717, 1.165) is 0 Å². The third-order valence-corrected chi connectivity index (χ3v) is 6.11. The molecule has 0 aliphatic heterocycles. The number of nitrogens with one attached hydrogen (secondary N) is 1. The Balaban J connectivity index is 1.41. The van der Waals surface area contributed by atoms with Gasteiger partial charge in [0.2, 0.25) is 10.0 Å². The Hall–Kier alpha value is -4.43. The summed E-state index contributed by atoms with van der Waals surface area (Å²) in [4.78, 5) is 39.6. The van der Waals surface area contributed by atoms with E-state index in [-0.39, 0.29) is 41.3 Å². The Labute approximate surface area is 198 Å². The van der Waals surface area contributed by atoms with Gasteiger partial charge in [0.15, 0.2) is 5.65 Å². The predicted molar refractivity (Wildman–Crippen MR) is 124 cm³/mol. The van der Waals surface area contributed by atoms with Crippen molar-refractivity contribution in [3.8, 4) is 0 Å². The first-order valence-corrected chi connectivity index (χ1v) is 11.7. The number of non-ortho nitro benzene ring substituents is 1. The molecule has 0 aliphatic rings. The smallest absolute Gasteiger partial charge is 0.269 e. The van der Waals surface area contributed by atoms with Crippen molar-refractivity contribution in [3.63, 3.8) is 0 Å². The van der Waals surface area contributed by atoms with Crippen molar-refractivity contribution in [2.24, 2.45) is 5.14 Å². The molecule has 2 aromatic heterocycles. The van der Waals surface area contributed by atoms with E-state index in [4.69, 9.17) is 5.14 Å². The van der Waals surface area contributed by atoms with Crippen LogP contribution in [0, 0.1) is 10.1 Å². The van der Waals surface area contributed by atoms with Gasteiger partial charge >= 0.3 is 0 Å². The molecule has 0 spiro atoms. The van der Waals surface area contributed by atoms with Gasteiger partial charge in [-0.25, -0.2) is 23.2 Å². The molecular formula is C21H19N7O6S. The number of nitrogens with zero attached hydrogens (tertiary/aromatic N) is 5. The van der Waals surface area contributed by atoms with Crippen LogP contribution in [0.15, 0.2) is 70.7 Å². The zero-order valence-corrected chi connectivity index (χ0v) is 18.9. The highest BCUT2D eigenvalue weighted by Gasteiger charge is 2.13. The molecule has 4 rings (SSSR count). The summed E-state index contributed by atoms with van der Waals surface area (Å²) in [6.07, 6.45) is 2.76. The Morgan fingerprint density at radius 2 is 1.80 bits per heavy atom. The van der Waals surface area contributed by atoms with E-state index < -0.39 is 20.9 Å². The van der Waals surface area contributed by atoms with E-state index in [0.29, 0.717) is 16.6 Å². The number of nitro groups is 1. The summed E-state index contributed by atoms with van der Waals surface area (Å²) in [5.74, 6) is -0.416. The summed E-state index contributed by atoms with van der Waals surface area (Å²) in [5.41, 5.74) is 0.949. The molecule has 0 saturated heterocycles. The highest BCUT2D eigenvalue weighted by molar-refractivity contribution is 7.89. The molecule has 35 heavy (non-hydrogen) atoms. The van der Waals surface area contributed by atoms with Gasteiger partial charge in [-0.05, 0) is 29.8 Å². The lowest BCUT2D eigenvalue weighted by Gasteiger charge is -2.08. The lowest BCUT2D eigenvalue weighted by molar-refractivity contribution is -0.384. The van der Waals surface area contributed by atoms with Crippen LogP contribution in [0.2, 0.25) is 0 Å². The molecule has 3 N–H and O–H groups in total. The number of hydrogen-bond acceptors (Lipinski definition) is 8. The standard InChI is InChI=1S/C21H19N7O6S/c22-35(33,34)17-7-3-15(4-8-17)20(29)23-9-10-27-19-18(11-25-27)21(30)26(13-24-19)12-14-1-5-16(6-2-14)28(31)32/h1-8,11,13H,9-10,12H2,(H,23,29)(H2,22,33,34). The van der Waals surface area contributed by atoms with Crippen molar-refractivity contribution in [1.82, 2.24) is 24.6 Å². The number of amides is 1. The zero-order valence-electron chi connectivity index (χ0n) is 18.1. The molecule has 0 bridgehead atoms. The van der Waals surface area contributed by atoms with Crippen molar-refractivity contribution < 1.29 is 18.1 Å². The number of aromatic nitrogens is 4. The minimum absolute atomic E-state index is 0.0384. The summed E-state index contributed by atoms with van der Waals surface area (Å²) in [6, 6.07) is 11.1. The summed E-state index contributed by atoms with van der Waals surface area (Å²) in [7, 11) is -3.84. The van der Waals surface area contributed by atoms with Gasteiger partial charge in [0, 0.05) is 24.2 Å². The molecule has 2 heterocycles. The van der Waals surface area contributed by atoms with Crippen molar-refractivity contribution in [2.45, 2.75) is 18.0 Å². The monoisotopic (exact) mass is 497 g/mol. The second-order valence-corrected chi connectivity index (χ2v) is 9.09. The first kappa shape index (κ1) is 23.7. The Morgan fingerprint density at radius 3 is 2.43 bits per heavy atom. The highest BCUT2D eigenvalue weighted by atomic mass is 32.2. The van der Waals surface area contributed by atoms with Crippen LogP contribution in [0.4, 0.5) is 5.69 Å². The molecule has 0 fully saturated rings. The molecule has 180 valence electrons. The molecule has 14 heteroatoms. The number of hydrogen-bond donors (Lipinski definition) is 2. The molecule has 4 aromatic rings. The van der Waals surface area contributed by atoms with Crippen molar-refractivity contribution in [1.29, 1.82) is 0 Å². The van der Waals surface area contributed by atoms with Crippen LogP contribution in [-0.2, 0) is 23.1 Å². The van der Waals surface area contributed by atoms with Gasteiger partial charge in [-0.1, -0.05) is 12.1 Å². The summed E-state index contributed by atoms with van der Waals surface area (Å²) < 4.78 is 25.5. The van der Waals surface area contributed by atoms with Gasteiger partial charge in [0.05, 0.1) is 29.1 Å². The number of nitrogens with two attached hydrogens (primary N) is 1. The number of fused-ring (bicyclic) bond motifs is 1. The molecule has 1 amide bonds. The average molecular weight is 497 g/mol. The first-order chi connectivity index (χ1) is 16.6. The third-order valence-electron chi connectivity index (χ3n) is 5.18. The number of benzene rings is 2. The van der Waals surface area contributed by atoms with Crippen LogP contribution >= 0.6 is 0 Å². The fourth-order valence-electron chi connectivity index (χ4n) is 3.37. The van der Waals surface area contributed by atoms with Crippen LogP contribution < -0.4 is 16.0 Å². The Bertz CT molecular complexity index is 1580. The van der Waals surface area contributed by atoms with Crippen LogP contribution in [0.5, 0.6) is 0 Å². The second-order valence-electron chi connectivity index (χ2n) is 7.53. The fourth-order valence-corrected chi connectivity index (χ4v) is 3.88. The first-order valence-electron chi connectivity index (χ1n) is 10.2. The molecule has 2 aromatic carbocycles. The van der Waals surface area contributed by atoms with Crippen molar-refractivity contribution >= 4 is 32.7 Å². The average Bonchev–Trinajstić information content (AvgIpc) is 3.24. The van der Waals surface area contributed by atoms with Crippen LogP contribution in [0.25, 0.3) is 11.0 Å². The van der Waals surface area contributed by atoms with Gasteiger partial charge in [0.1, 0.15) is 11.7 Å². The van der Waals surface area contributed by atoms with E-state index in [2.05, 4.69) is 15.4 Å². The number of rotatable bonds is 8. The molecule has 0 unspecified atom stereocenters. The maximum Gasteiger partial charge on any atom is 0.269 e. The second kappa shape index (κ2) is 9.44. The molecule has 0 atom stereocenters. The van der Waals surface area contributed by atoms with Crippen LogP contribution in [0.1, 0.15) is 15.9 Å². The van der Waals surface area contributed by atoms with Gasteiger partial charge in [-0.3, -0.25) is 24.3 Å². The molecule has 0 saturated carbocycles. The number of carbonyl (C=O) groups is 1. The van der Waals surface area contributed by atoms with E-state index >= 15 is 0 Å². The lowest BCUT2D eigenvalue weighted by atomic mass is 10.2. The normalized spacial score (nSPS) is 11.5. The number of carbonyl (C=O) groups excluding carboxylic acids is 1. The highest BCUT2D eigenvalue weighted by Crippen LogP contribution is 2.13. The molecule has 13 nitrogen and oxygen atoms in total. The summed E-state index contributed by atoms with van der Waals surface area (Å²) >= 11 is 0. The number of nitro benzene ring substituents is 1. The van der Waals surface area contributed by atoms with E-state index in [1.54, 1.807) is 12.1 Å². The summed E-state index contributed by atoms with van der Waals surface area (Å²) in [6.45, 7) is 0.606. The van der Waals surface area contributed by atoms with E-state index in [1.165, 1.54) is 58.2 Å². The van der Waals surface area contributed by atoms with E-state index in [1.807, 2.05) is 0 Å². The SMILES string of the molecule is NS(=O)(=O)c1ccc(C(=O)NCCn2ncc3c(=O)n(Cc4ccc([N+](=O)[O-])cc4)cnc32)cc1. The minimum Gasteiger partial charge on any atom is -0.350 e. The van der Waals surface area contributed by atoms with Gasteiger partial charge in [-0.15, -0.1) is 0 Å². The maximum atomic E-state index is 12.8. The quantitative estimate of drug-likeness (QED) is 0.262. The Morgan fingerprint density at radius 1 is 1.11 bits per heavy atom. The predicted octanol–water partition coefficient (Wildman–Crippen LogP) is 0.627. The van der Waals surface area contributed by atoms with Crippen molar-refractivity contribution in [2.75, 3.05) is 6.54 Å². The van der Waals surface area contributed by atoms with Crippen molar-refractivity contribution in [3.05, 3.63) is 92.7 Å². The van der Waals surface area contributed by atoms with Crippen LogP contribution in [-0.4, -0.2) is 45.1 Å². The third kappa shape index (κ3) is 5.23. The fraction of sp³-hybridized carbons (Fsp3) is 0.143. The molecule has 0 aliphatic carbocycles.